The lowest BCUT2D eigenvalue weighted by Gasteiger charge is -2.37. The van der Waals surface area contributed by atoms with Gasteiger partial charge in [0.15, 0.2) is 5.25 Å². The van der Waals surface area contributed by atoms with Gasteiger partial charge >= 0.3 is 6.03 Å². The molecule has 10 heteroatoms. The number of carbonyl (C=O) groups is 2. The lowest BCUT2D eigenvalue weighted by atomic mass is 10.1. The molecule has 0 aliphatic carbocycles. The fourth-order valence-corrected chi connectivity index (χ4v) is 5.16. The molecule has 0 spiro atoms. The van der Waals surface area contributed by atoms with E-state index in [0.717, 1.165) is 11.3 Å². The Morgan fingerprint density at radius 1 is 1.15 bits per heavy atom. The van der Waals surface area contributed by atoms with Gasteiger partial charge in [0, 0.05) is 42.6 Å². The summed E-state index contributed by atoms with van der Waals surface area (Å²) >= 11 is 6.06. The van der Waals surface area contributed by atoms with Gasteiger partial charge in [0.2, 0.25) is 10.0 Å². The van der Waals surface area contributed by atoms with E-state index in [1.54, 1.807) is 0 Å². The number of amides is 3. The quantitative estimate of drug-likeness (QED) is 0.824. The van der Waals surface area contributed by atoms with Crippen molar-refractivity contribution in [1.29, 1.82) is 0 Å². The zero-order valence-corrected chi connectivity index (χ0v) is 16.0. The normalized spacial score (nSPS) is 22.2. The first-order valence-electron chi connectivity index (χ1n) is 8.10. The van der Waals surface area contributed by atoms with Gasteiger partial charge in [-0.3, -0.25) is 10.1 Å². The van der Waals surface area contributed by atoms with E-state index in [0.29, 0.717) is 18.1 Å². The third-order valence-corrected chi connectivity index (χ3v) is 7.00. The summed E-state index contributed by atoms with van der Waals surface area (Å²) in [6, 6.07) is 4.76. The van der Waals surface area contributed by atoms with Crippen LogP contribution in [-0.2, 0) is 14.8 Å². The van der Waals surface area contributed by atoms with Crippen LogP contribution in [-0.4, -0.2) is 61.8 Å². The molecule has 3 amide bonds. The van der Waals surface area contributed by atoms with Crippen LogP contribution >= 0.6 is 11.6 Å². The molecule has 2 aliphatic rings. The van der Waals surface area contributed by atoms with Crippen LogP contribution in [0.4, 0.5) is 10.5 Å². The number of rotatable bonds is 3. The number of hydrogen-bond donors (Lipinski definition) is 1. The summed E-state index contributed by atoms with van der Waals surface area (Å²) in [6.45, 7) is 4.77. The van der Waals surface area contributed by atoms with Gasteiger partial charge in [-0.15, -0.1) is 0 Å². The van der Waals surface area contributed by atoms with Gasteiger partial charge in [0.1, 0.15) is 0 Å². The summed E-state index contributed by atoms with van der Waals surface area (Å²) < 4.78 is 27.0. The Labute approximate surface area is 156 Å². The standard InChI is InChI=1S/C16H19ClN4O4S/c1-10-3-4-12(17)9-13(10)20-5-7-21(8-6-20)26(24,25)14-11(2)18-16(23)19-15(14)22/h3-4,9,14H,5-8H2,1-2H3,(H,19,22,23). The van der Waals surface area contributed by atoms with Gasteiger partial charge < -0.3 is 4.90 Å². The molecule has 1 N–H and O–H groups in total. The van der Waals surface area contributed by atoms with E-state index in [1.807, 2.05) is 30.4 Å². The number of urea groups is 1. The predicted octanol–water partition coefficient (Wildman–Crippen LogP) is 1.18. The second kappa shape index (κ2) is 6.98. The van der Waals surface area contributed by atoms with E-state index in [1.165, 1.54) is 11.2 Å². The van der Waals surface area contributed by atoms with Crippen LogP contribution in [0.25, 0.3) is 0 Å². The summed E-state index contributed by atoms with van der Waals surface area (Å²) in [4.78, 5) is 28.9. The van der Waals surface area contributed by atoms with Crippen molar-refractivity contribution in [2.75, 3.05) is 31.1 Å². The number of aryl methyl sites for hydroxylation is 1. The van der Waals surface area contributed by atoms with Crippen LogP contribution in [0.1, 0.15) is 12.5 Å². The van der Waals surface area contributed by atoms with E-state index in [-0.39, 0.29) is 18.8 Å². The minimum Gasteiger partial charge on any atom is -0.369 e. The highest BCUT2D eigenvalue weighted by Gasteiger charge is 2.43. The maximum absolute atomic E-state index is 12.9. The number of halogens is 1. The third-order valence-electron chi connectivity index (χ3n) is 4.53. The molecular formula is C16H19ClN4O4S. The van der Waals surface area contributed by atoms with Crippen molar-refractivity contribution in [2.45, 2.75) is 19.1 Å². The number of piperazine rings is 1. The molecule has 1 aromatic carbocycles. The Hall–Kier alpha value is -1.97. The first-order valence-corrected chi connectivity index (χ1v) is 9.98. The SMILES string of the molecule is CC1=NC(=O)NC(=O)C1S(=O)(=O)N1CCN(c2cc(Cl)ccc2C)CC1. The molecule has 140 valence electrons. The van der Waals surface area contributed by atoms with E-state index < -0.39 is 27.2 Å². The molecule has 0 aromatic heterocycles. The molecule has 0 radical (unpaired) electrons. The molecule has 1 fully saturated rings. The van der Waals surface area contributed by atoms with Crippen molar-refractivity contribution in [3.63, 3.8) is 0 Å². The Morgan fingerprint density at radius 2 is 1.81 bits per heavy atom. The molecule has 0 bridgehead atoms. The summed E-state index contributed by atoms with van der Waals surface area (Å²) in [5.41, 5.74) is 2.01. The van der Waals surface area contributed by atoms with Crippen molar-refractivity contribution in [3.05, 3.63) is 28.8 Å². The second-order valence-corrected chi connectivity index (χ2v) is 8.74. The number of nitrogens with zero attached hydrogens (tertiary/aromatic N) is 3. The first-order chi connectivity index (χ1) is 12.2. The topological polar surface area (TPSA) is 99.1 Å². The number of anilines is 1. The van der Waals surface area contributed by atoms with Crippen LogP contribution in [0, 0.1) is 6.92 Å². The summed E-state index contributed by atoms with van der Waals surface area (Å²) in [5.74, 6) is -0.851. The number of hydrogen-bond acceptors (Lipinski definition) is 5. The monoisotopic (exact) mass is 398 g/mol. The van der Waals surface area contributed by atoms with Crippen molar-refractivity contribution in [3.8, 4) is 0 Å². The molecule has 8 nitrogen and oxygen atoms in total. The first kappa shape index (κ1) is 18.8. The molecule has 26 heavy (non-hydrogen) atoms. The molecule has 1 saturated heterocycles. The van der Waals surface area contributed by atoms with Crippen LogP contribution in [0.15, 0.2) is 23.2 Å². The predicted molar refractivity (Wildman–Crippen MR) is 99.3 cm³/mol. The molecule has 1 unspecified atom stereocenters. The smallest absolute Gasteiger partial charge is 0.347 e. The molecule has 2 heterocycles. The van der Waals surface area contributed by atoms with Crippen LogP contribution in [0.3, 0.4) is 0 Å². The minimum atomic E-state index is -3.95. The van der Waals surface area contributed by atoms with Crippen molar-refractivity contribution in [2.24, 2.45) is 4.99 Å². The number of aliphatic imine (C=N–C) groups is 1. The van der Waals surface area contributed by atoms with Gasteiger partial charge in [-0.1, -0.05) is 17.7 Å². The lowest BCUT2D eigenvalue weighted by Crippen LogP contribution is -2.57. The van der Waals surface area contributed by atoms with E-state index in [9.17, 15) is 18.0 Å². The van der Waals surface area contributed by atoms with Crippen molar-refractivity contribution in [1.82, 2.24) is 9.62 Å². The Bertz CT molecular complexity index is 892. The Balaban J connectivity index is 1.77. The minimum absolute atomic E-state index is 0.00753. The van der Waals surface area contributed by atoms with Crippen LogP contribution < -0.4 is 10.2 Å². The van der Waals surface area contributed by atoms with Gasteiger partial charge in [-0.2, -0.15) is 4.31 Å². The number of sulfonamides is 1. The molecule has 0 saturated carbocycles. The van der Waals surface area contributed by atoms with Crippen LogP contribution in [0.2, 0.25) is 5.02 Å². The Kier molecular flexibility index (Phi) is 5.05. The number of benzene rings is 1. The Morgan fingerprint density at radius 3 is 2.42 bits per heavy atom. The second-order valence-electron chi connectivity index (χ2n) is 6.29. The van der Waals surface area contributed by atoms with Gasteiger partial charge in [-0.05, 0) is 31.5 Å². The average molecular weight is 399 g/mol. The zero-order chi connectivity index (χ0) is 19.1. The number of imide groups is 1. The molecule has 1 aromatic rings. The van der Waals surface area contributed by atoms with Crippen molar-refractivity contribution < 1.29 is 18.0 Å². The zero-order valence-electron chi connectivity index (χ0n) is 14.4. The van der Waals surface area contributed by atoms with Gasteiger partial charge in [-0.25, -0.2) is 18.2 Å². The highest BCUT2D eigenvalue weighted by atomic mass is 35.5. The molecule has 1 atom stereocenters. The van der Waals surface area contributed by atoms with E-state index in [4.69, 9.17) is 11.6 Å². The van der Waals surface area contributed by atoms with Gasteiger partial charge in [0.05, 0.1) is 0 Å². The van der Waals surface area contributed by atoms with Crippen molar-refractivity contribution >= 4 is 45.0 Å². The maximum Gasteiger partial charge on any atom is 0.347 e. The summed E-state index contributed by atoms with van der Waals surface area (Å²) in [5, 5.41) is 1.12. The van der Waals surface area contributed by atoms with Gasteiger partial charge in [0.25, 0.3) is 5.91 Å². The maximum atomic E-state index is 12.9. The average Bonchev–Trinajstić information content (AvgIpc) is 2.56. The van der Waals surface area contributed by atoms with E-state index in [2.05, 4.69) is 9.89 Å². The third kappa shape index (κ3) is 3.46. The fourth-order valence-electron chi connectivity index (χ4n) is 3.21. The van der Waals surface area contributed by atoms with Crippen LogP contribution in [0.5, 0.6) is 0 Å². The molecule has 3 rings (SSSR count). The highest BCUT2D eigenvalue weighted by Crippen LogP contribution is 2.26. The summed E-state index contributed by atoms with van der Waals surface area (Å²) in [7, 11) is -3.95. The highest BCUT2D eigenvalue weighted by molar-refractivity contribution is 7.91. The fraction of sp³-hybridized carbons (Fsp3) is 0.438. The van der Waals surface area contributed by atoms with E-state index >= 15 is 0 Å². The molecule has 2 aliphatic heterocycles. The molecular weight excluding hydrogens is 380 g/mol. The lowest BCUT2D eigenvalue weighted by molar-refractivity contribution is -0.118. The largest absolute Gasteiger partial charge is 0.369 e. The number of carbonyl (C=O) groups excluding carboxylic acids is 2. The summed E-state index contributed by atoms with van der Waals surface area (Å²) in [6.07, 6.45) is 0. The number of nitrogens with one attached hydrogen (secondary N) is 1.